The topological polar surface area (TPSA) is 116 Å². The minimum atomic E-state index is -0.518. The molecule has 0 aliphatic heterocycles. The number of anilines is 2. The molecule has 10 heteroatoms. The van der Waals surface area contributed by atoms with Gasteiger partial charge >= 0.3 is 11.7 Å². The molecule has 0 spiro atoms. The fourth-order valence-electron chi connectivity index (χ4n) is 3.20. The molecular weight excluding hydrogens is 432 g/mol. The normalized spacial score (nSPS) is 10.7. The van der Waals surface area contributed by atoms with E-state index in [-0.39, 0.29) is 18.0 Å². The highest BCUT2D eigenvalue weighted by atomic mass is 32.1. The van der Waals surface area contributed by atoms with Gasteiger partial charge in [-0.25, -0.2) is 14.8 Å². The maximum absolute atomic E-state index is 12.7. The molecule has 4 rings (SSSR count). The zero-order chi connectivity index (χ0) is 22.7. The maximum atomic E-state index is 12.7. The number of fused-ring (bicyclic) bond motifs is 1. The highest BCUT2D eigenvalue weighted by Crippen LogP contribution is 2.36. The van der Waals surface area contributed by atoms with Gasteiger partial charge in [-0.3, -0.25) is 10.1 Å². The van der Waals surface area contributed by atoms with Crippen LogP contribution in [0, 0.1) is 17.0 Å². The molecule has 0 amide bonds. The van der Waals surface area contributed by atoms with Crippen LogP contribution in [-0.2, 0) is 11.3 Å². The highest BCUT2D eigenvalue weighted by molar-refractivity contribution is 7.20. The highest BCUT2D eigenvalue weighted by Gasteiger charge is 2.21. The molecule has 2 heterocycles. The number of nitrogens with zero attached hydrogens (tertiary/aromatic N) is 3. The Morgan fingerprint density at radius 1 is 1.19 bits per heavy atom. The molecule has 1 N–H and O–H groups in total. The first-order chi connectivity index (χ1) is 15.5. The standard InChI is InChI=1S/C22H18N4O5S/c1-13-18-20(25-15-8-9-17(30-2)16(10-15)26(28)29)23-12-24-21(18)32-19(13)22(27)31-11-14-6-4-3-5-7-14/h3-10,12H,11H2,1-2H3,(H,23,24,25). The Bertz CT molecular complexity index is 1310. The average Bonchev–Trinajstić information content (AvgIpc) is 3.15. The zero-order valence-corrected chi connectivity index (χ0v) is 18.0. The molecule has 0 saturated carbocycles. The van der Waals surface area contributed by atoms with E-state index in [1.165, 1.54) is 36.9 Å². The number of nitro benzene ring substituents is 1. The van der Waals surface area contributed by atoms with E-state index >= 15 is 0 Å². The van der Waals surface area contributed by atoms with Gasteiger partial charge in [0.2, 0.25) is 0 Å². The Labute approximate surface area is 186 Å². The van der Waals surface area contributed by atoms with Crippen LogP contribution in [-0.4, -0.2) is 28.0 Å². The number of aryl methyl sites for hydroxylation is 1. The maximum Gasteiger partial charge on any atom is 0.349 e. The Balaban J connectivity index is 1.63. The van der Waals surface area contributed by atoms with Gasteiger partial charge in [0.1, 0.15) is 28.5 Å². The van der Waals surface area contributed by atoms with Gasteiger partial charge in [-0.15, -0.1) is 11.3 Å². The molecule has 32 heavy (non-hydrogen) atoms. The predicted octanol–water partition coefficient (Wildman–Crippen LogP) is 5.02. The number of nitrogens with one attached hydrogen (secondary N) is 1. The summed E-state index contributed by atoms with van der Waals surface area (Å²) in [6.07, 6.45) is 1.37. The lowest BCUT2D eigenvalue weighted by Gasteiger charge is -2.09. The first-order valence-electron chi connectivity index (χ1n) is 9.52. The fraction of sp³-hybridized carbons (Fsp3) is 0.136. The van der Waals surface area contributed by atoms with Gasteiger partial charge < -0.3 is 14.8 Å². The van der Waals surface area contributed by atoms with E-state index in [9.17, 15) is 14.9 Å². The molecule has 0 aliphatic carbocycles. The van der Waals surface area contributed by atoms with Gasteiger partial charge in [-0.05, 0) is 30.2 Å². The second kappa shape index (κ2) is 8.98. The molecule has 0 saturated heterocycles. The van der Waals surface area contributed by atoms with Gasteiger partial charge in [0.25, 0.3) is 0 Å². The molecule has 2 aromatic heterocycles. The fourth-order valence-corrected chi connectivity index (χ4v) is 4.24. The van der Waals surface area contributed by atoms with Crippen molar-refractivity contribution < 1.29 is 19.2 Å². The lowest BCUT2D eigenvalue weighted by Crippen LogP contribution is -2.04. The van der Waals surface area contributed by atoms with E-state index in [0.29, 0.717) is 32.2 Å². The number of ether oxygens (including phenoxy) is 2. The lowest BCUT2D eigenvalue weighted by molar-refractivity contribution is -0.385. The number of aromatic nitrogens is 2. The summed E-state index contributed by atoms with van der Waals surface area (Å²) in [6.45, 7) is 1.96. The molecule has 0 radical (unpaired) electrons. The summed E-state index contributed by atoms with van der Waals surface area (Å²) < 4.78 is 10.5. The number of benzene rings is 2. The van der Waals surface area contributed by atoms with Crippen LogP contribution in [0.1, 0.15) is 20.8 Å². The van der Waals surface area contributed by atoms with E-state index in [0.717, 1.165) is 5.56 Å². The van der Waals surface area contributed by atoms with E-state index in [2.05, 4.69) is 15.3 Å². The minimum Gasteiger partial charge on any atom is -0.490 e. The Kier molecular flexibility index (Phi) is 5.95. The van der Waals surface area contributed by atoms with E-state index in [1.54, 1.807) is 13.0 Å². The van der Waals surface area contributed by atoms with Crippen LogP contribution in [0.25, 0.3) is 10.2 Å². The first-order valence-corrected chi connectivity index (χ1v) is 10.3. The van der Waals surface area contributed by atoms with Crippen LogP contribution < -0.4 is 10.1 Å². The van der Waals surface area contributed by atoms with Crippen LogP contribution in [0.5, 0.6) is 5.75 Å². The van der Waals surface area contributed by atoms with Crippen LogP contribution >= 0.6 is 11.3 Å². The van der Waals surface area contributed by atoms with Crippen molar-refractivity contribution in [2.24, 2.45) is 0 Å². The summed E-state index contributed by atoms with van der Waals surface area (Å²) >= 11 is 1.21. The number of hydrogen-bond donors (Lipinski definition) is 1. The number of thiophene rings is 1. The van der Waals surface area contributed by atoms with Crippen LogP contribution in [0.15, 0.2) is 54.9 Å². The summed E-state index contributed by atoms with van der Waals surface area (Å²) in [4.78, 5) is 33.1. The van der Waals surface area contributed by atoms with E-state index < -0.39 is 10.9 Å². The van der Waals surface area contributed by atoms with Gasteiger partial charge in [0.05, 0.1) is 17.4 Å². The van der Waals surface area contributed by atoms with E-state index in [1.807, 2.05) is 30.3 Å². The summed E-state index contributed by atoms with van der Waals surface area (Å²) in [5.74, 6) is 0.147. The van der Waals surface area contributed by atoms with Gasteiger partial charge in [0.15, 0.2) is 5.75 Å². The quantitative estimate of drug-likeness (QED) is 0.237. The number of methoxy groups -OCH3 is 1. The van der Waals surface area contributed by atoms with Crippen molar-refractivity contribution in [2.75, 3.05) is 12.4 Å². The predicted molar refractivity (Wildman–Crippen MR) is 121 cm³/mol. The third-order valence-electron chi connectivity index (χ3n) is 4.76. The van der Waals surface area contributed by atoms with Crippen molar-refractivity contribution in [3.8, 4) is 5.75 Å². The average molecular weight is 450 g/mol. The van der Waals surface area contributed by atoms with Crippen LogP contribution in [0.4, 0.5) is 17.2 Å². The number of hydrogen-bond acceptors (Lipinski definition) is 9. The molecule has 4 aromatic rings. The SMILES string of the molecule is COc1ccc(Nc2ncnc3sc(C(=O)OCc4ccccc4)c(C)c23)cc1[N+](=O)[O-]. The molecule has 9 nitrogen and oxygen atoms in total. The van der Waals surface area contributed by atoms with Crippen molar-refractivity contribution >= 4 is 44.7 Å². The molecule has 0 fully saturated rings. The molecule has 0 atom stereocenters. The van der Waals surface area contributed by atoms with Gasteiger partial charge in [-0.2, -0.15) is 0 Å². The Morgan fingerprint density at radius 2 is 1.97 bits per heavy atom. The third kappa shape index (κ3) is 4.21. The molecule has 2 aromatic carbocycles. The number of rotatable bonds is 7. The summed E-state index contributed by atoms with van der Waals surface area (Å²) in [6, 6.07) is 13.9. The number of nitro groups is 1. The van der Waals surface area contributed by atoms with Crippen molar-refractivity contribution in [1.82, 2.24) is 9.97 Å². The monoisotopic (exact) mass is 450 g/mol. The zero-order valence-electron chi connectivity index (χ0n) is 17.2. The van der Waals surface area contributed by atoms with Crippen molar-refractivity contribution in [2.45, 2.75) is 13.5 Å². The van der Waals surface area contributed by atoms with E-state index in [4.69, 9.17) is 9.47 Å². The summed E-state index contributed by atoms with van der Waals surface area (Å²) in [5.41, 5.74) is 1.85. The summed E-state index contributed by atoms with van der Waals surface area (Å²) in [5, 5.41) is 15.1. The minimum absolute atomic E-state index is 0.156. The largest absolute Gasteiger partial charge is 0.490 e. The Hall–Kier alpha value is -4.05. The lowest BCUT2D eigenvalue weighted by atomic mass is 10.2. The third-order valence-corrected chi connectivity index (χ3v) is 5.94. The smallest absolute Gasteiger partial charge is 0.349 e. The number of esters is 1. The van der Waals surface area contributed by atoms with Crippen LogP contribution in [0.2, 0.25) is 0 Å². The van der Waals surface area contributed by atoms with Crippen LogP contribution in [0.3, 0.4) is 0 Å². The van der Waals surface area contributed by atoms with Gasteiger partial charge in [-0.1, -0.05) is 30.3 Å². The molecule has 0 unspecified atom stereocenters. The molecule has 0 aliphatic rings. The molecular formula is C22H18N4O5S. The molecule has 162 valence electrons. The second-order valence-corrected chi connectivity index (χ2v) is 7.79. The second-order valence-electron chi connectivity index (χ2n) is 6.79. The summed E-state index contributed by atoms with van der Waals surface area (Å²) in [7, 11) is 1.37. The van der Waals surface area contributed by atoms with Crippen molar-refractivity contribution in [3.05, 3.63) is 81.0 Å². The number of carbonyl (C=O) groups excluding carboxylic acids is 1. The van der Waals surface area contributed by atoms with Gasteiger partial charge in [0, 0.05) is 11.8 Å². The first kappa shape index (κ1) is 21.2. The Morgan fingerprint density at radius 3 is 2.69 bits per heavy atom. The number of carbonyl (C=O) groups is 1. The molecule has 0 bridgehead atoms. The van der Waals surface area contributed by atoms with Crippen molar-refractivity contribution in [3.63, 3.8) is 0 Å². The van der Waals surface area contributed by atoms with Crippen molar-refractivity contribution in [1.29, 1.82) is 0 Å².